The minimum atomic E-state index is -0.925. The number of carboxylic acids is 1. The van der Waals surface area contributed by atoms with E-state index in [2.05, 4.69) is 31.1 Å². The Morgan fingerprint density at radius 1 is 1.53 bits per heavy atom. The average molecular weight is 236 g/mol. The van der Waals surface area contributed by atoms with Gasteiger partial charge in [0.15, 0.2) is 0 Å². The van der Waals surface area contributed by atoms with Gasteiger partial charge in [-0.15, -0.1) is 0 Å². The molecule has 0 fully saturated rings. The number of pyridine rings is 1. The van der Waals surface area contributed by atoms with E-state index in [1.165, 1.54) is 12.3 Å². The monoisotopic (exact) mass is 236 g/mol. The van der Waals surface area contributed by atoms with Gasteiger partial charge in [0.25, 0.3) is 0 Å². The first-order chi connectivity index (χ1) is 8.04. The van der Waals surface area contributed by atoms with Crippen LogP contribution in [-0.4, -0.2) is 22.1 Å². The van der Waals surface area contributed by atoms with Crippen LogP contribution in [0.4, 0.5) is 5.69 Å². The van der Waals surface area contributed by atoms with E-state index >= 15 is 0 Å². The van der Waals surface area contributed by atoms with Crippen molar-refractivity contribution in [3.63, 3.8) is 0 Å². The zero-order chi connectivity index (χ0) is 12.8. The Kier molecular flexibility index (Phi) is 4.94. The molecule has 1 aromatic rings. The predicted octanol–water partition coefficient (Wildman–Crippen LogP) is 3.02. The van der Waals surface area contributed by atoms with Crippen molar-refractivity contribution >= 4 is 11.7 Å². The molecule has 1 rings (SSSR count). The molecule has 0 aliphatic rings. The van der Waals surface area contributed by atoms with E-state index in [-0.39, 0.29) is 11.6 Å². The smallest absolute Gasteiger partial charge is 0.337 e. The lowest BCUT2D eigenvalue weighted by Crippen LogP contribution is -2.20. The Hall–Kier alpha value is -1.58. The van der Waals surface area contributed by atoms with Crippen molar-refractivity contribution in [2.45, 2.75) is 39.7 Å². The first-order valence-electron chi connectivity index (χ1n) is 5.98. The van der Waals surface area contributed by atoms with Gasteiger partial charge in [0, 0.05) is 12.2 Å². The average Bonchev–Trinajstić information content (AvgIpc) is 2.29. The lowest BCUT2D eigenvalue weighted by molar-refractivity contribution is 0.0698. The molecule has 0 aliphatic heterocycles. The van der Waals surface area contributed by atoms with Gasteiger partial charge in [-0.3, -0.25) is 4.98 Å². The summed E-state index contributed by atoms with van der Waals surface area (Å²) in [6.45, 7) is 6.41. The van der Waals surface area contributed by atoms with Gasteiger partial charge in [0.2, 0.25) is 0 Å². The molecule has 17 heavy (non-hydrogen) atoms. The van der Waals surface area contributed by atoms with Gasteiger partial charge >= 0.3 is 5.97 Å². The highest BCUT2D eigenvalue weighted by Crippen LogP contribution is 2.18. The number of aromatic nitrogens is 1. The number of nitrogens with zero attached hydrogens (tertiary/aromatic N) is 1. The van der Waals surface area contributed by atoms with Crippen molar-refractivity contribution in [3.05, 3.63) is 24.0 Å². The van der Waals surface area contributed by atoms with E-state index in [4.69, 9.17) is 5.11 Å². The van der Waals surface area contributed by atoms with Crippen LogP contribution in [0.25, 0.3) is 0 Å². The quantitative estimate of drug-likeness (QED) is 0.797. The molecule has 0 aliphatic carbocycles. The van der Waals surface area contributed by atoms with Crippen LogP contribution < -0.4 is 5.32 Å². The molecule has 4 nitrogen and oxygen atoms in total. The molecule has 0 saturated carbocycles. The van der Waals surface area contributed by atoms with Crippen LogP contribution in [-0.2, 0) is 0 Å². The summed E-state index contributed by atoms with van der Waals surface area (Å²) < 4.78 is 0. The fraction of sp³-hybridized carbons (Fsp3) is 0.538. The molecule has 2 atom stereocenters. The highest BCUT2D eigenvalue weighted by atomic mass is 16.4. The maximum Gasteiger partial charge on any atom is 0.337 e. The summed E-state index contributed by atoms with van der Waals surface area (Å²) in [4.78, 5) is 15.0. The van der Waals surface area contributed by atoms with Crippen molar-refractivity contribution in [1.82, 2.24) is 4.98 Å². The number of anilines is 1. The number of aromatic carboxylic acids is 1. The van der Waals surface area contributed by atoms with Gasteiger partial charge in [-0.1, -0.05) is 20.3 Å². The molecule has 0 saturated heterocycles. The Morgan fingerprint density at radius 2 is 2.24 bits per heavy atom. The highest BCUT2D eigenvalue weighted by Gasteiger charge is 2.13. The number of rotatable bonds is 6. The number of nitrogens with one attached hydrogen (secondary N) is 1. The Balaban J connectivity index is 2.71. The zero-order valence-electron chi connectivity index (χ0n) is 10.6. The van der Waals surface area contributed by atoms with Gasteiger partial charge in [0.05, 0.1) is 17.4 Å². The van der Waals surface area contributed by atoms with E-state index in [1.54, 1.807) is 6.20 Å². The van der Waals surface area contributed by atoms with Gasteiger partial charge in [-0.25, -0.2) is 4.79 Å². The van der Waals surface area contributed by atoms with Crippen molar-refractivity contribution in [1.29, 1.82) is 0 Å². The molecule has 94 valence electrons. The molecular formula is C13H20N2O2. The third-order valence-electron chi connectivity index (χ3n) is 2.91. The Morgan fingerprint density at radius 3 is 2.82 bits per heavy atom. The summed E-state index contributed by atoms with van der Waals surface area (Å²) in [5.74, 6) is -0.298. The minimum Gasteiger partial charge on any atom is -0.478 e. The second kappa shape index (κ2) is 6.23. The first-order valence-corrected chi connectivity index (χ1v) is 5.98. The SMILES string of the molecule is CCC(C)CC(C)Nc1cnccc1C(=O)O. The van der Waals surface area contributed by atoms with Crippen LogP contribution in [0, 0.1) is 5.92 Å². The molecule has 0 radical (unpaired) electrons. The number of carbonyl (C=O) groups is 1. The molecule has 2 N–H and O–H groups in total. The molecule has 0 bridgehead atoms. The largest absolute Gasteiger partial charge is 0.478 e. The standard InChI is InChI=1S/C13H20N2O2/c1-4-9(2)7-10(3)15-12-8-14-6-5-11(12)13(16)17/h5-6,8-10,15H,4,7H2,1-3H3,(H,16,17). The molecule has 0 aromatic carbocycles. The van der Waals surface area contributed by atoms with Crippen LogP contribution in [0.1, 0.15) is 44.0 Å². The summed E-state index contributed by atoms with van der Waals surface area (Å²) in [5, 5.41) is 12.3. The van der Waals surface area contributed by atoms with Crippen LogP contribution in [0.3, 0.4) is 0 Å². The normalized spacial score (nSPS) is 14.1. The number of carboxylic acid groups (broad SMARTS) is 1. The summed E-state index contributed by atoms with van der Waals surface area (Å²) in [6, 6.07) is 1.76. The summed E-state index contributed by atoms with van der Waals surface area (Å²) in [5.41, 5.74) is 0.867. The van der Waals surface area contributed by atoms with Crippen molar-refractivity contribution < 1.29 is 9.90 Å². The van der Waals surface area contributed by atoms with E-state index in [9.17, 15) is 4.79 Å². The highest BCUT2D eigenvalue weighted by molar-refractivity contribution is 5.93. The topological polar surface area (TPSA) is 62.2 Å². The first kappa shape index (κ1) is 13.5. The van der Waals surface area contributed by atoms with E-state index in [1.807, 2.05) is 0 Å². The van der Waals surface area contributed by atoms with E-state index in [0.29, 0.717) is 11.6 Å². The molecule has 0 amide bonds. The summed E-state index contributed by atoms with van der Waals surface area (Å²) in [7, 11) is 0. The molecule has 1 heterocycles. The van der Waals surface area contributed by atoms with Crippen LogP contribution in [0.15, 0.2) is 18.5 Å². The van der Waals surface area contributed by atoms with Gasteiger partial charge in [-0.05, 0) is 25.3 Å². The number of hydrogen-bond donors (Lipinski definition) is 2. The Labute approximate surface area is 102 Å². The maximum absolute atomic E-state index is 11.0. The van der Waals surface area contributed by atoms with E-state index < -0.39 is 5.97 Å². The predicted molar refractivity (Wildman–Crippen MR) is 68.4 cm³/mol. The number of hydrogen-bond acceptors (Lipinski definition) is 3. The third-order valence-corrected chi connectivity index (χ3v) is 2.91. The zero-order valence-corrected chi connectivity index (χ0v) is 10.6. The van der Waals surface area contributed by atoms with Crippen molar-refractivity contribution in [2.75, 3.05) is 5.32 Å². The summed E-state index contributed by atoms with van der Waals surface area (Å²) in [6.07, 6.45) is 5.21. The van der Waals surface area contributed by atoms with Crippen molar-refractivity contribution in [2.24, 2.45) is 5.92 Å². The third kappa shape index (κ3) is 4.06. The van der Waals surface area contributed by atoms with Gasteiger partial charge in [0.1, 0.15) is 0 Å². The fourth-order valence-corrected chi connectivity index (χ4v) is 1.79. The molecular weight excluding hydrogens is 216 g/mol. The minimum absolute atomic E-state index is 0.243. The lowest BCUT2D eigenvalue weighted by atomic mass is 10.00. The van der Waals surface area contributed by atoms with Gasteiger partial charge < -0.3 is 10.4 Å². The second-order valence-corrected chi connectivity index (χ2v) is 4.52. The van der Waals surface area contributed by atoms with Crippen LogP contribution in [0.2, 0.25) is 0 Å². The van der Waals surface area contributed by atoms with Crippen LogP contribution >= 0.6 is 0 Å². The second-order valence-electron chi connectivity index (χ2n) is 4.52. The Bertz CT molecular complexity index is 379. The van der Waals surface area contributed by atoms with E-state index in [0.717, 1.165) is 12.8 Å². The molecule has 1 aromatic heterocycles. The molecule has 0 spiro atoms. The molecule has 2 unspecified atom stereocenters. The van der Waals surface area contributed by atoms with Gasteiger partial charge in [-0.2, -0.15) is 0 Å². The van der Waals surface area contributed by atoms with Crippen LogP contribution in [0.5, 0.6) is 0 Å². The lowest BCUT2D eigenvalue weighted by Gasteiger charge is -2.19. The van der Waals surface area contributed by atoms with Crippen molar-refractivity contribution in [3.8, 4) is 0 Å². The maximum atomic E-state index is 11.0. The summed E-state index contributed by atoms with van der Waals surface area (Å²) >= 11 is 0. The fourth-order valence-electron chi connectivity index (χ4n) is 1.79. The molecule has 4 heteroatoms.